The Morgan fingerprint density at radius 2 is 1.69 bits per heavy atom. The van der Waals surface area contributed by atoms with Crippen LogP contribution in [0, 0.1) is 11.8 Å². The van der Waals surface area contributed by atoms with Gasteiger partial charge >= 0.3 is 0 Å². The fourth-order valence-corrected chi connectivity index (χ4v) is 7.08. The number of nitrogens with one attached hydrogen (secondary N) is 1. The number of primary amides is 1. The molecule has 1 saturated carbocycles. The Labute approximate surface area is 262 Å². The number of amides is 1. The van der Waals surface area contributed by atoms with Crippen LogP contribution in [-0.2, 0) is 27.3 Å². The standard InChI is InChI=1S/C33H41N5O7/c1-36(2)22-14-21(35-15-16-8-10-18(11-9-16)38(5,6)7)27(39)24-19(22)12-17-13-20-26(37(3)4)29(41)25(32(34)44)31(43)33(20,45)30(42)23(17)28(24)40/h8-11,14,17,20,26,35,45H,12-13,15H2,1-7H3,(H4-,34,39,40,41,42,43,44)/p+1/t17-,20-,26-,33-/m0/s1. The van der Waals surface area contributed by atoms with Gasteiger partial charge in [-0.05, 0) is 62.2 Å². The van der Waals surface area contributed by atoms with Crippen molar-refractivity contribution in [3.05, 3.63) is 63.9 Å². The third-order valence-electron chi connectivity index (χ3n) is 9.37. The predicted octanol–water partition coefficient (Wildman–Crippen LogP) is 1.84. The number of carbonyl (C=O) groups excluding carboxylic acids is 3. The Balaban J connectivity index is 1.61. The summed E-state index contributed by atoms with van der Waals surface area (Å²) in [6, 6.07) is 8.70. The van der Waals surface area contributed by atoms with Crippen LogP contribution in [0.1, 0.15) is 23.1 Å². The number of aliphatic hydroxyl groups excluding tert-OH is 2. The quantitative estimate of drug-likeness (QED) is 0.152. The number of Topliss-reactive ketones (excluding diaryl/α,β-unsaturated/α-hetero) is 2. The lowest BCUT2D eigenvalue weighted by molar-refractivity contribution is -0.153. The van der Waals surface area contributed by atoms with Gasteiger partial charge in [-0.2, -0.15) is 0 Å². The topological polar surface area (TPSA) is 177 Å². The predicted molar refractivity (Wildman–Crippen MR) is 172 cm³/mol. The second-order valence-corrected chi connectivity index (χ2v) is 13.5. The number of nitrogens with two attached hydrogens (primary N) is 1. The van der Waals surface area contributed by atoms with Gasteiger partial charge in [0.15, 0.2) is 11.4 Å². The number of phenols is 1. The molecule has 7 N–H and O–H groups in total. The molecular formula is C33H42N5O7+. The van der Waals surface area contributed by atoms with Crippen molar-refractivity contribution in [1.29, 1.82) is 0 Å². The zero-order chi connectivity index (χ0) is 33.3. The van der Waals surface area contributed by atoms with E-state index in [-0.39, 0.29) is 29.7 Å². The molecule has 0 saturated heterocycles. The van der Waals surface area contributed by atoms with Gasteiger partial charge in [0.1, 0.15) is 28.5 Å². The molecule has 5 rings (SSSR count). The number of aromatic hydroxyl groups is 1. The number of quaternary nitrogens is 1. The van der Waals surface area contributed by atoms with Crippen molar-refractivity contribution in [3.63, 3.8) is 0 Å². The number of carbonyl (C=O) groups is 3. The van der Waals surface area contributed by atoms with E-state index in [0.29, 0.717) is 28.0 Å². The molecule has 0 heterocycles. The van der Waals surface area contributed by atoms with Crippen molar-refractivity contribution in [3.8, 4) is 5.75 Å². The summed E-state index contributed by atoms with van der Waals surface area (Å²) in [6.07, 6.45) is 0.241. The molecule has 2 aromatic rings. The van der Waals surface area contributed by atoms with Crippen molar-refractivity contribution < 1.29 is 34.8 Å². The molecule has 1 amide bonds. The van der Waals surface area contributed by atoms with Crippen LogP contribution in [0.15, 0.2) is 47.2 Å². The van der Waals surface area contributed by atoms with E-state index in [1.807, 2.05) is 43.3 Å². The SMILES string of the molecule is CN(C)c1cc(NCc2ccc([N+](C)(C)C)cc2)c(O)c2c1C[C@H]1C[C@H]3[C@H](N(C)C)C(=O)C(C(N)=O)=C(O)[C@@]3(O)C(=O)C1=C2O. The number of fused-ring (bicyclic) bond motifs is 3. The molecule has 3 aliphatic rings. The van der Waals surface area contributed by atoms with Crippen LogP contribution >= 0.6 is 0 Å². The first-order valence-corrected chi connectivity index (χ1v) is 14.8. The van der Waals surface area contributed by atoms with Gasteiger partial charge < -0.3 is 36.4 Å². The van der Waals surface area contributed by atoms with E-state index in [4.69, 9.17) is 5.73 Å². The van der Waals surface area contributed by atoms with Crippen LogP contribution in [0.25, 0.3) is 5.76 Å². The number of hydrogen-bond acceptors (Lipinski definition) is 10. The molecule has 0 bridgehead atoms. The number of likely N-dealkylation sites (N-methyl/N-ethyl adjacent to an activating group) is 1. The molecule has 0 aliphatic heterocycles. The summed E-state index contributed by atoms with van der Waals surface area (Å²) in [4.78, 5) is 43.0. The third kappa shape index (κ3) is 4.93. The van der Waals surface area contributed by atoms with Crippen molar-refractivity contribution in [2.75, 3.05) is 59.6 Å². The normalized spacial score (nSPS) is 24.8. The van der Waals surface area contributed by atoms with Crippen LogP contribution in [0.2, 0.25) is 0 Å². The maximum absolute atomic E-state index is 14.2. The lowest BCUT2D eigenvalue weighted by atomic mass is 9.57. The Morgan fingerprint density at radius 3 is 2.22 bits per heavy atom. The molecule has 1 fully saturated rings. The average Bonchev–Trinajstić information content (AvgIpc) is 2.93. The number of nitrogens with zero attached hydrogens (tertiary/aromatic N) is 3. The molecule has 0 radical (unpaired) electrons. The average molecular weight is 621 g/mol. The molecule has 45 heavy (non-hydrogen) atoms. The van der Waals surface area contributed by atoms with E-state index >= 15 is 0 Å². The first-order chi connectivity index (χ1) is 20.9. The Bertz CT molecular complexity index is 1670. The Hall–Kier alpha value is -4.39. The summed E-state index contributed by atoms with van der Waals surface area (Å²) >= 11 is 0. The van der Waals surface area contributed by atoms with E-state index in [9.17, 15) is 34.8 Å². The number of ketones is 2. The van der Waals surface area contributed by atoms with Gasteiger partial charge in [-0.3, -0.25) is 23.8 Å². The molecule has 2 aromatic carbocycles. The lowest BCUT2D eigenvalue weighted by Crippen LogP contribution is -2.65. The number of anilines is 2. The van der Waals surface area contributed by atoms with Gasteiger partial charge in [-0.1, -0.05) is 12.1 Å². The van der Waals surface area contributed by atoms with Crippen LogP contribution < -0.4 is 20.4 Å². The molecule has 0 unspecified atom stereocenters. The van der Waals surface area contributed by atoms with Crippen LogP contribution in [-0.4, -0.2) is 104 Å². The fraction of sp³-hybridized carbons (Fsp3) is 0.424. The second-order valence-electron chi connectivity index (χ2n) is 13.5. The molecular weight excluding hydrogens is 578 g/mol. The van der Waals surface area contributed by atoms with Crippen molar-refractivity contribution >= 4 is 40.3 Å². The highest BCUT2D eigenvalue weighted by Crippen LogP contribution is 2.54. The van der Waals surface area contributed by atoms with E-state index in [2.05, 4.69) is 26.5 Å². The largest absolute Gasteiger partial charge is 0.508 e. The van der Waals surface area contributed by atoms with Gasteiger partial charge in [-0.15, -0.1) is 0 Å². The minimum Gasteiger partial charge on any atom is -0.508 e. The van der Waals surface area contributed by atoms with Crippen LogP contribution in [0.5, 0.6) is 5.75 Å². The Morgan fingerprint density at radius 1 is 1.07 bits per heavy atom. The lowest BCUT2D eigenvalue weighted by Gasteiger charge is -2.50. The smallest absolute Gasteiger partial charge is 0.255 e. The summed E-state index contributed by atoms with van der Waals surface area (Å²) in [7, 11) is 13.0. The number of phenolic OH excluding ortho intramolecular Hbond substituents is 1. The van der Waals surface area contributed by atoms with E-state index in [1.54, 1.807) is 20.2 Å². The van der Waals surface area contributed by atoms with Crippen molar-refractivity contribution in [2.45, 2.75) is 31.0 Å². The highest BCUT2D eigenvalue weighted by molar-refractivity contribution is 6.24. The van der Waals surface area contributed by atoms with Crippen LogP contribution in [0.3, 0.4) is 0 Å². The monoisotopic (exact) mass is 620 g/mol. The Kier molecular flexibility index (Phi) is 7.75. The van der Waals surface area contributed by atoms with Gasteiger partial charge in [0.05, 0.1) is 38.4 Å². The summed E-state index contributed by atoms with van der Waals surface area (Å²) in [5.41, 5.74) is 5.46. The molecule has 12 heteroatoms. The number of aliphatic hydroxyl groups is 3. The molecule has 3 aliphatic carbocycles. The minimum absolute atomic E-state index is 0.0304. The molecule has 12 nitrogen and oxygen atoms in total. The molecule has 4 atom stereocenters. The van der Waals surface area contributed by atoms with E-state index in [1.165, 1.54) is 4.90 Å². The maximum Gasteiger partial charge on any atom is 0.255 e. The van der Waals surface area contributed by atoms with Gasteiger partial charge in [0.25, 0.3) is 5.91 Å². The van der Waals surface area contributed by atoms with Gasteiger partial charge in [0.2, 0.25) is 5.78 Å². The molecule has 0 aromatic heterocycles. The zero-order valence-corrected chi connectivity index (χ0v) is 26.7. The first kappa shape index (κ1) is 32.0. The number of hydrogen-bond donors (Lipinski definition) is 6. The number of benzene rings is 2. The summed E-state index contributed by atoms with van der Waals surface area (Å²) < 4.78 is 0.665. The summed E-state index contributed by atoms with van der Waals surface area (Å²) in [5, 5.41) is 49.4. The van der Waals surface area contributed by atoms with E-state index < -0.39 is 58.0 Å². The number of rotatable bonds is 7. The summed E-state index contributed by atoms with van der Waals surface area (Å²) in [6.45, 7) is 0.367. The highest BCUT2D eigenvalue weighted by Gasteiger charge is 2.64. The van der Waals surface area contributed by atoms with Crippen LogP contribution in [0.4, 0.5) is 17.1 Å². The highest BCUT2D eigenvalue weighted by atomic mass is 16.3. The minimum atomic E-state index is -2.68. The fourth-order valence-electron chi connectivity index (χ4n) is 7.08. The van der Waals surface area contributed by atoms with Crippen molar-refractivity contribution in [2.24, 2.45) is 17.6 Å². The van der Waals surface area contributed by atoms with Gasteiger partial charge in [0, 0.05) is 37.8 Å². The molecule has 240 valence electrons. The maximum atomic E-state index is 14.2. The molecule has 0 spiro atoms. The summed E-state index contributed by atoms with van der Waals surface area (Å²) in [5.74, 6) is -6.77. The van der Waals surface area contributed by atoms with Gasteiger partial charge in [-0.25, -0.2) is 0 Å². The third-order valence-corrected chi connectivity index (χ3v) is 9.37. The first-order valence-electron chi connectivity index (χ1n) is 14.8. The van der Waals surface area contributed by atoms with Crippen molar-refractivity contribution in [1.82, 2.24) is 9.38 Å². The van der Waals surface area contributed by atoms with E-state index in [0.717, 1.165) is 11.3 Å². The second kappa shape index (κ2) is 10.9. The zero-order valence-electron chi connectivity index (χ0n) is 26.7.